The van der Waals surface area contributed by atoms with E-state index in [4.69, 9.17) is 5.73 Å². The van der Waals surface area contributed by atoms with E-state index in [0.29, 0.717) is 12.1 Å². The third-order valence-corrected chi connectivity index (χ3v) is 5.53. The molecule has 0 saturated carbocycles. The summed E-state index contributed by atoms with van der Waals surface area (Å²) in [6, 6.07) is 9.64. The maximum absolute atomic E-state index is 9.99. The minimum Gasteiger partial charge on any atom is -0.393 e. The van der Waals surface area contributed by atoms with Crippen LogP contribution < -0.4 is 5.73 Å². The Morgan fingerprint density at radius 1 is 1.25 bits per heavy atom. The quantitative estimate of drug-likeness (QED) is 0.890. The van der Waals surface area contributed by atoms with E-state index in [1.165, 1.54) is 18.4 Å². The molecular weight excluding hydrogens is 316 g/mol. The number of hydrogen-bond donors (Lipinski definition) is 2. The van der Waals surface area contributed by atoms with Gasteiger partial charge < -0.3 is 10.8 Å². The van der Waals surface area contributed by atoms with Gasteiger partial charge in [-0.2, -0.15) is 0 Å². The molecule has 0 aromatic heterocycles. The zero-order valence-corrected chi connectivity index (χ0v) is 13.5. The predicted octanol–water partition coefficient (Wildman–Crippen LogP) is 2.83. The van der Waals surface area contributed by atoms with Crippen molar-refractivity contribution in [1.29, 1.82) is 0 Å². The van der Waals surface area contributed by atoms with E-state index >= 15 is 0 Å². The van der Waals surface area contributed by atoms with E-state index in [9.17, 15) is 5.11 Å². The number of aliphatic hydroxyl groups is 1. The van der Waals surface area contributed by atoms with E-state index in [-0.39, 0.29) is 18.2 Å². The minimum atomic E-state index is -0.128. The topological polar surface area (TPSA) is 49.5 Å². The Balaban J connectivity index is 1.95. The second kappa shape index (κ2) is 5.76. The molecule has 2 fully saturated rings. The Morgan fingerprint density at radius 3 is 2.40 bits per heavy atom. The zero-order chi connectivity index (χ0) is 14.3. The van der Waals surface area contributed by atoms with Gasteiger partial charge in [0.15, 0.2) is 0 Å². The lowest BCUT2D eigenvalue weighted by molar-refractivity contribution is 0.00394. The van der Waals surface area contributed by atoms with E-state index in [1.807, 2.05) is 6.07 Å². The SMILES string of the molecule is CC(N)C(c1ccccc1Br)N1C2CCC1CC(O)C2. The van der Waals surface area contributed by atoms with Gasteiger partial charge in [0, 0.05) is 22.6 Å². The van der Waals surface area contributed by atoms with Crippen molar-refractivity contribution in [2.24, 2.45) is 5.73 Å². The molecule has 110 valence electrons. The van der Waals surface area contributed by atoms with Crippen LogP contribution >= 0.6 is 15.9 Å². The normalized spacial score (nSPS) is 33.1. The van der Waals surface area contributed by atoms with Gasteiger partial charge in [-0.3, -0.25) is 4.90 Å². The van der Waals surface area contributed by atoms with Crippen LogP contribution in [-0.4, -0.2) is 34.2 Å². The average molecular weight is 339 g/mol. The maximum atomic E-state index is 9.99. The molecule has 2 aliphatic rings. The van der Waals surface area contributed by atoms with Gasteiger partial charge in [0.05, 0.1) is 12.1 Å². The van der Waals surface area contributed by atoms with Crippen molar-refractivity contribution < 1.29 is 5.11 Å². The van der Waals surface area contributed by atoms with Gasteiger partial charge in [-0.05, 0) is 44.2 Å². The van der Waals surface area contributed by atoms with E-state index < -0.39 is 0 Å². The summed E-state index contributed by atoms with van der Waals surface area (Å²) in [5.74, 6) is 0. The molecule has 0 aliphatic carbocycles. The van der Waals surface area contributed by atoms with Gasteiger partial charge in [-0.25, -0.2) is 0 Å². The average Bonchev–Trinajstić information content (AvgIpc) is 2.65. The molecular formula is C16H23BrN2O. The Labute approximate surface area is 129 Å². The Morgan fingerprint density at radius 2 is 1.85 bits per heavy atom. The lowest BCUT2D eigenvalue weighted by Crippen LogP contribution is -2.50. The van der Waals surface area contributed by atoms with Gasteiger partial charge >= 0.3 is 0 Å². The number of rotatable bonds is 3. The van der Waals surface area contributed by atoms with Gasteiger partial charge in [0.25, 0.3) is 0 Å². The highest BCUT2D eigenvalue weighted by Crippen LogP contribution is 2.43. The summed E-state index contributed by atoms with van der Waals surface area (Å²) >= 11 is 3.67. The summed E-state index contributed by atoms with van der Waals surface area (Å²) in [6.07, 6.45) is 4.04. The number of hydrogen-bond acceptors (Lipinski definition) is 3. The van der Waals surface area contributed by atoms with Crippen molar-refractivity contribution in [3.8, 4) is 0 Å². The van der Waals surface area contributed by atoms with Gasteiger partial charge in [0.2, 0.25) is 0 Å². The first-order valence-electron chi connectivity index (χ1n) is 7.53. The molecule has 0 radical (unpaired) electrons. The number of nitrogens with zero attached hydrogens (tertiary/aromatic N) is 1. The number of aliphatic hydroxyl groups excluding tert-OH is 1. The largest absolute Gasteiger partial charge is 0.393 e. The second-order valence-corrected chi connectivity index (χ2v) is 7.14. The van der Waals surface area contributed by atoms with Crippen LogP contribution in [0.3, 0.4) is 0 Å². The number of nitrogens with two attached hydrogens (primary N) is 1. The molecule has 2 aliphatic heterocycles. The molecule has 0 amide bonds. The van der Waals surface area contributed by atoms with Gasteiger partial charge in [0.1, 0.15) is 0 Å². The predicted molar refractivity (Wildman–Crippen MR) is 84.4 cm³/mol. The monoisotopic (exact) mass is 338 g/mol. The van der Waals surface area contributed by atoms with Gasteiger partial charge in [-0.1, -0.05) is 34.1 Å². The minimum absolute atomic E-state index is 0.0760. The van der Waals surface area contributed by atoms with Crippen LogP contribution in [0, 0.1) is 0 Å². The van der Waals surface area contributed by atoms with Crippen LogP contribution in [0.4, 0.5) is 0 Å². The van der Waals surface area contributed by atoms with Gasteiger partial charge in [-0.15, -0.1) is 0 Å². The Kier molecular flexibility index (Phi) is 4.18. The first-order valence-corrected chi connectivity index (χ1v) is 8.32. The van der Waals surface area contributed by atoms with Crippen molar-refractivity contribution in [1.82, 2.24) is 4.90 Å². The van der Waals surface area contributed by atoms with Crippen LogP contribution in [0.15, 0.2) is 28.7 Å². The molecule has 4 atom stereocenters. The van der Waals surface area contributed by atoms with Crippen LogP contribution in [0.25, 0.3) is 0 Å². The number of benzene rings is 1. The molecule has 20 heavy (non-hydrogen) atoms. The summed E-state index contributed by atoms with van der Waals surface area (Å²) in [5.41, 5.74) is 7.60. The van der Waals surface area contributed by atoms with E-state index in [2.05, 4.69) is 46.0 Å². The van der Waals surface area contributed by atoms with Crippen LogP contribution in [0.5, 0.6) is 0 Å². The first-order chi connectivity index (χ1) is 9.58. The molecule has 4 heteroatoms. The highest BCUT2D eigenvalue weighted by Gasteiger charge is 2.45. The molecule has 4 unspecified atom stereocenters. The van der Waals surface area contributed by atoms with E-state index in [0.717, 1.165) is 17.3 Å². The third-order valence-electron chi connectivity index (χ3n) is 4.81. The molecule has 2 saturated heterocycles. The zero-order valence-electron chi connectivity index (χ0n) is 11.9. The van der Waals surface area contributed by atoms with Crippen molar-refractivity contribution in [2.75, 3.05) is 0 Å². The van der Waals surface area contributed by atoms with Crippen molar-refractivity contribution >= 4 is 15.9 Å². The van der Waals surface area contributed by atoms with Crippen molar-refractivity contribution in [3.63, 3.8) is 0 Å². The van der Waals surface area contributed by atoms with Crippen molar-refractivity contribution in [2.45, 2.75) is 62.9 Å². The first kappa shape index (κ1) is 14.5. The Hall–Kier alpha value is -0.420. The lowest BCUT2D eigenvalue weighted by atomic mass is 9.91. The molecule has 1 aromatic rings. The lowest BCUT2D eigenvalue weighted by Gasteiger charge is -2.44. The maximum Gasteiger partial charge on any atom is 0.0570 e. The van der Waals surface area contributed by atoms with E-state index in [1.54, 1.807) is 0 Å². The number of piperidine rings is 1. The summed E-state index contributed by atoms with van der Waals surface area (Å²) in [6.45, 7) is 2.09. The summed E-state index contributed by atoms with van der Waals surface area (Å²) in [5, 5.41) is 9.99. The molecule has 2 bridgehead atoms. The number of fused-ring (bicyclic) bond motifs is 2. The van der Waals surface area contributed by atoms with Crippen LogP contribution in [-0.2, 0) is 0 Å². The smallest absolute Gasteiger partial charge is 0.0570 e. The molecule has 1 aromatic carbocycles. The Bertz CT molecular complexity index is 465. The summed E-state index contributed by atoms with van der Waals surface area (Å²) in [4.78, 5) is 2.58. The van der Waals surface area contributed by atoms with Crippen molar-refractivity contribution in [3.05, 3.63) is 34.3 Å². The molecule has 3 N–H and O–H groups in total. The highest BCUT2D eigenvalue weighted by molar-refractivity contribution is 9.10. The highest BCUT2D eigenvalue weighted by atomic mass is 79.9. The fraction of sp³-hybridized carbons (Fsp3) is 0.625. The second-order valence-electron chi connectivity index (χ2n) is 6.28. The third kappa shape index (κ3) is 2.54. The molecule has 0 spiro atoms. The summed E-state index contributed by atoms with van der Waals surface area (Å²) < 4.78 is 1.13. The fourth-order valence-corrected chi connectivity index (χ4v) is 4.59. The molecule has 3 rings (SSSR count). The molecule has 3 nitrogen and oxygen atoms in total. The fourth-order valence-electron chi connectivity index (χ4n) is 4.07. The van der Waals surface area contributed by atoms with Crippen LogP contribution in [0.2, 0.25) is 0 Å². The molecule has 2 heterocycles. The standard InChI is InChI=1S/C16H23BrN2O/c1-10(18)16(14-4-2-3-5-15(14)17)19-11-6-7-12(19)9-13(20)8-11/h2-5,10-13,16,20H,6-9,18H2,1H3. The van der Waals surface area contributed by atoms with Crippen LogP contribution in [0.1, 0.15) is 44.2 Å². The summed E-state index contributed by atoms with van der Waals surface area (Å²) in [7, 11) is 0. The number of halogens is 1.